The Morgan fingerprint density at radius 1 is 1.33 bits per heavy atom. The van der Waals surface area contributed by atoms with Crippen LogP contribution in [0.4, 0.5) is 0 Å². The first-order valence-electron chi connectivity index (χ1n) is 7.70. The van der Waals surface area contributed by atoms with Gasteiger partial charge in [-0.1, -0.05) is 27.7 Å². The molecule has 120 valence electrons. The standard InChI is InChI=1S/C15H27N3O2S/c1-5-21(19,20)13-6-8-18(9-7-13)11-12-10-16-17-14(12)15(2,3)4/h10,13H,5-9,11H2,1-4H3,(H,16,17). The molecule has 1 aromatic rings. The van der Waals surface area contributed by atoms with Crippen molar-refractivity contribution in [1.29, 1.82) is 0 Å². The summed E-state index contributed by atoms with van der Waals surface area (Å²) in [5.74, 6) is 0.258. The number of nitrogens with zero attached hydrogens (tertiary/aromatic N) is 2. The minimum absolute atomic E-state index is 0.0513. The summed E-state index contributed by atoms with van der Waals surface area (Å²) in [4.78, 5) is 2.34. The summed E-state index contributed by atoms with van der Waals surface area (Å²) in [7, 11) is -2.88. The maximum atomic E-state index is 11.9. The van der Waals surface area contributed by atoms with Crippen LogP contribution >= 0.6 is 0 Å². The first-order valence-corrected chi connectivity index (χ1v) is 9.42. The summed E-state index contributed by atoms with van der Waals surface area (Å²) < 4.78 is 23.9. The van der Waals surface area contributed by atoms with Crippen LogP contribution in [0.1, 0.15) is 51.8 Å². The summed E-state index contributed by atoms with van der Waals surface area (Å²) in [6.45, 7) is 10.8. The molecule has 0 atom stereocenters. The molecule has 2 rings (SSSR count). The van der Waals surface area contributed by atoms with E-state index in [1.54, 1.807) is 6.92 Å². The molecule has 0 aromatic carbocycles. The molecule has 0 unspecified atom stereocenters. The number of rotatable bonds is 4. The molecule has 1 aliphatic rings. The van der Waals surface area contributed by atoms with Gasteiger partial charge in [-0.05, 0) is 25.9 Å². The fraction of sp³-hybridized carbons (Fsp3) is 0.800. The number of sulfone groups is 1. The Morgan fingerprint density at radius 3 is 2.48 bits per heavy atom. The van der Waals surface area contributed by atoms with Gasteiger partial charge in [0.2, 0.25) is 0 Å². The van der Waals surface area contributed by atoms with Crippen molar-refractivity contribution in [2.75, 3.05) is 18.8 Å². The average Bonchev–Trinajstić information content (AvgIpc) is 2.87. The Balaban J connectivity index is 1.97. The summed E-state index contributed by atoms with van der Waals surface area (Å²) in [5.41, 5.74) is 2.44. The lowest BCUT2D eigenvalue weighted by Crippen LogP contribution is -2.39. The molecule has 1 aromatic heterocycles. The summed E-state index contributed by atoms with van der Waals surface area (Å²) >= 11 is 0. The van der Waals surface area contributed by atoms with Crippen molar-refractivity contribution in [3.05, 3.63) is 17.5 Å². The molecule has 1 fully saturated rings. The Bertz CT molecular complexity index is 564. The highest BCUT2D eigenvalue weighted by atomic mass is 32.2. The van der Waals surface area contributed by atoms with Crippen molar-refractivity contribution in [1.82, 2.24) is 15.1 Å². The van der Waals surface area contributed by atoms with E-state index < -0.39 is 9.84 Å². The van der Waals surface area contributed by atoms with Crippen LogP contribution in [0.2, 0.25) is 0 Å². The highest BCUT2D eigenvalue weighted by molar-refractivity contribution is 7.92. The van der Waals surface area contributed by atoms with E-state index in [9.17, 15) is 8.42 Å². The number of hydrogen-bond donors (Lipinski definition) is 1. The van der Waals surface area contributed by atoms with Crippen molar-refractivity contribution in [3.8, 4) is 0 Å². The lowest BCUT2D eigenvalue weighted by molar-refractivity contribution is 0.220. The van der Waals surface area contributed by atoms with E-state index in [0.29, 0.717) is 0 Å². The Labute approximate surface area is 128 Å². The van der Waals surface area contributed by atoms with E-state index >= 15 is 0 Å². The average molecular weight is 313 g/mol. The molecule has 1 saturated heterocycles. The van der Waals surface area contributed by atoms with E-state index in [2.05, 4.69) is 35.9 Å². The summed E-state index contributed by atoms with van der Waals surface area (Å²) in [5, 5.41) is 7.13. The Hall–Kier alpha value is -0.880. The molecule has 5 nitrogen and oxygen atoms in total. The van der Waals surface area contributed by atoms with Crippen LogP contribution in [0.25, 0.3) is 0 Å². The molecule has 0 aliphatic carbocycles. The van der Waals surface area contributed by atoms with Crippen molar-refractivity contribution >= 4 is 9.84 Å². The predicted molar refractivity (Wildman–Crippen MR) is 85.0 cm³/mol. The number of aromatic amines is 1. The molecule has 1 N–H and O–H groups in total. The number of piperidine rings is 1. The Kier molecular flexibility index (Phi) is 4.78. The van der Waals surface area contributed by atoms with Crippen LogP contribution in [-0.2, 0) is 21.8 Å². The zero-order valence-electron chi connectivity index (χ0n) is 13.5. The smallest absolute Gasteiger partial charge is 0.152 e. The van der Waals surface area contributed by atoms with Gasteiger partial charge in [0, 0.05) is 29.0 Å². The molecule has 0 radical (unpaired) electrons. The van der Waals surface area contributed by atoms with Gasteiger partial charge in [-0.3, -0.25) is 10.00 Å². The van der Waals surface area contributed by atoms with Gasteiger partial charge < -0.3 is 0 Å². The van der Waals surface area contributed by atoms with E-state index in [1.165, 1.54) is 11.3 Å². The zero-order valence-corrected chi connectivity index (χ0v) is 14.3. The second-order valence-corrected chi connectivity index (χ2v) is 9.52. The fourth-order valence-corrected chi connectivity index (χ4v) is 4.38. The van der Waals surface area contributed by atoms with Crippen LogP contribution < -0.4 is 0 Å². The number of nitrogens with one attached hydrogen (secondary N) is 1. The molecule has 2 heterocycles. The second kappa shape index (κ2) is 6.08. The molecule has 1 aliphatic heterocycles. The minimum atomic E-state index is -2.88. The van der Waals surface area contributed by atoms with Gasteiger partial charge in [-0.2, -0.15) is 5.10 Å². The third kappa shape index (κ3) is 3.86. The predicted octanol–water partition coefficient (Wildman–Crippen LogP) is 2.11. The maximum Gasteiger partial charge on any atom is 0.152 e. The molecule has 0 spiro atoms. The highest BCUT2D eigenvalue weighted by Gasteiger charge is 2.29. The number of likely N-dealkylation sites (tertiary alicyclic amines) is 1. The van der Waals surface area contributed by atoms with Crippen molar-refractivity contribution < 1.29 is 8.42 Å². The molecule has 0 amide bonds. The second-order valence-electron chi connectivity index (χ2n) is 6.95. The van der Waals surface area contributed by atoms with Gasteiger partial charge in [0.25, 0.3) is 0 Å². The first-order chi connectivity index (χ1) is 9.74. The quantitative estimate of drug-likeness (QED) is 0.924. The molecular formula is C15H27N3O2S. The topological polar surface area (TPSA) is 66.1 Å². The van der Waals surface area contributed by atoms with Gasteiger partial charge in [0.05, 0.1) is 11.4 Å². The van der Waals surface area contributed by atoms with E-state index in [4.69, 9.17) is 0 Å². The first kappa shape index (κ1) is 16.5. The number of aromatic nitrogens is 2. The third-order valence-electron chi connectivity index (χ3n) is 4.31. The lowest BCUT2D eigenvalue weighted by Gasteiger charge is -2.32. The maximum absolute atomic E-state index is 11.9. The molecule has 0 bridgehead atoms. The van der Waals surface area contributed by atoms with Crippen molar-refractivity contribution in [3.63, 3.8) is 0 Å². The SMILES string of the molecule is CCS(=O)(=O)C1CCN(Cc2cn[nH]c2C(C)(C)C)CC1. The summed E-state index contributed by atoms with van der Waals surface area (Å²) in [6, 6.07) is 0. The van der Waals surface area contributed by atoms with Crippen LogP contribution in [-0.4, -0.2) is 47.6 Å². The fourth-order valence-electron chi connectivity index (χ4n) is 2.98. The van der Waals surface area contributed by atoms with Crippen molar-refractivity contribution in [2.24, 2.45) is 0 Å². The van der Waals surface area contributed by atoms with E-state index in [0.717, 1.165) is 32.5 Å². The van der Waals surface area contributed by atoms with Gasteiger partial charge >= 0.3 is 0 Å². The van der Waals surface area contributed by atoms with Gasteiger partial charge in [0.15, 0.2) is 9.84 Å². The molecule has 0 saturated carbocycles. The highest BCUT2D eigenvalue weighted by Crippen LogP contribution is 2.26. The van der Waals surface area contributed by atoms with Crippen molar-refractivity contribution in [2.45, 2.75) is 57.7 Å². The molecule has 6 heteroatoms. The largest absolute Gasteiger partial charge is 0.299 e. The van der Waals surface area contributed by atoms with Crippen LogP contribution in [0.3, 0.4) is 0 Å². The lowest BCUT2D eigenvalue weighted by atomic mass is 9.89. The van der Waals surface area contributed by atoms with Gasteiger partial charge in [0.1, 0.15) is 0 Å². The zero-order chi connectivity index (χ0) is 15.7. The number of hydrogen-bond acceptors (Lipinski definition) is 4. The van der Waals surface area contributed by atoms with E-state index in [1.807, 2.05) is 6.20 Å². The van der Waals surface area contributed by atoms with Crippen LogP contribution in [0, 0.1) is 0 Å². The number of H-pyrrole nitrogens is 1. The van der Waals surface area contributed by atoms with Gasteiger partial charge in [-0.15, -0.1) is 0 Å². The normalized spacial score (nSPS) is 19.0. The van der Waals surface area contributed by atoms with Crippen LogP contribution in [0.15, 0.2) is 6.20 Å². The molecular weight excluding hydrogens is 286 g/mol. The van der Waals surface area contributed by atoms with E-state index in [-0.39, 0.29) is 16.4 Å². The monoisotopic (exact) mass is 313 g/mol. The van der Waals surface area contributed by atoms with Gasteiger partial charge in [-0.25, -0.2) is 8.42 Å². The summed E-state index contributed by atoms with van der Waals surface area (Å²) in [6.07, 6.45) is 3.40. The Morgan fingerprint density at radius 2 is 1.95 bits per heavy atom. The van der Waals surface area contributed by atoms with Crippen LogP contribution in [0.5, 0.6) is 0 Å². The molecule has 21 heavy (non-hydrogen) atoms. The third-order valence-corrected chi connectivity index (χ3v) is 6.60. The minimum Gasteiger partial charge on any atom is -0.299 e.